The summed E-state index contributed by atoms with van der Waals surface area (Å²) in [5.41, 5.74) is 1.96. The van der Waals surface area contributed by atoms with E-state index in [9.17, 15) is 9.59 Å². The number of piperazine rings is 1. The third-order valence-electron chi connectivity index (χ3n) is 5.40. The lowest BCUT2D eigenvalue weighted by molar-refractivity contribution is -0.134. The van der Waals surface area contributed by atoms with E-state index in [1.807, 2.05) is 54.3 Å². The Morgan fingerprint density at radius 1 is 1.04 bits per heavy atom. The van der Waals surface area contributed by atoms with Crippen molar-refractivity contribution in [2.45, 2.75) is 25.8 Å². The van der Waals surface area contributed by atoms with Gasteiger partial charge >= 0.3 is 0 Å². The van der Waals surface area contributed by atoms with Gasteiger partial charge in [-0.1, -0.05) is 31.2 Å². The van der Waals surface area contributed by atoms with Crippen LogP contribution in [-0.4, -0.2) is 53.9 Å². The molecule has 0 bridgehead atoms. The van der Waals surface area contributed by atoms with Crippen molar-refractivity contribution in [2.75, 3.05) is 36.0 Å². The maximum Gasteiger partial charge on any atom is 0.246 e. The minimum atomic E-state index is -0.420. The molecule has 0 saturated carbocycles. The number of aromatic nitrogens is 1. The van der Waals surface area contributed by atoms with E-state index >= 15 is 0 Å². The lowest BCUT2D eigenvalue weighted by Gasteiger charge is -2.37. The zero-order valence-corrected chi connectivity index (χ0v) is 15.5. The minimum Gasteiger partial charge on any atom is -0.353 e. The number of rotatable bonds is 3. The molecule has 2 aromatic rings. The Balaban J connectivity index is 1.48. The number of carbonyl (C=O) groups is 2. The van der Waals surface area contributed by atoms with Crippen LogP contribution in [0, 0.1) is 0 Å². The van der Waals surface area contributed by atoms with E-state index in [0.29, 0.717) is 25.9 Å². The van der Waals surface area contributed by atoms with Crippen LogP contribution in [0.3, 0.4) is 0 Å². The fourth-order valence-electron chi connectivity index (χ4n) is 3.97. The van der Waals surface area contributed by atoms with Crippen molar-refractivity contribution in [1.29, 1.82) is 0 Å². The predicted octanol–water partition coefficient (Wildman–Crippen LogP) is 2.10. The number of anilines is 2. The summed E-state index contributed by atoms with van der Waals surface area (Å²) < 4.78 is 0. The van der Waals surface area contributed by atoms with Crippen molar-refractivity contribution in [3.05, 3.63) is 54.2 Å². The summed E-state index contributed by atoms with van der Waals surface area (Å²) in [6.07, 6.45) is 2.78. The van der Waals surface area contributed by atoms with Crippen LogP contribution in [0.5, 0.6) is 0 Å². The molecular formula is C21H24N4O2. The molecule has 4 rings (SSSR count). The first-order valence-electron chi connectivity index (χ1n) is 9.53. The first-order chi connectivity index (χ1) is 13.2. The molecule has 0 spiro atoms. The Hall–Kier alpha value is -2.89. The van der Waals surface area contributed by atoms with Gasteiger partial charge in [0.1, 0.15) is 11.9 Å². The summed E-state index contributed by atoms with van der Waals surface area (Å²) >= 11 is 0. The number of hydrogen-bond donors (Lipinski definition) is 0. The molecular weight excluding hydrogens is 340 g/mol. The van der Waals surface area contributed by atoms with E-state index in [0.717, 1.165) is 30.2 Å². The predicted molar refractivity (Wildman–Crippen MR) is 105 cm³/mol. The molecule has 1 atom stereocenters. The number of fused-ring (bicyclic) bond motifs is 1. The van der Waals surface area contributed by atoms with Crippen LogP contribution < -0.4 is 9.80 Å². The van der Waals surface area contributed by atoms with Crippen LogP contribution in [-0.2, 0) is 16.0 Å². The van der Waals surface area contributed by atoms with Gasteiger partial charge in [0, 0.05) is 50.9 Å². The molecule has 6 nitrogen and oxygen atoms in total. The highest BCUT2D eigenvalue weighted by molar-refractivity contribution is 6.03. The highest BCUT2D eigenvalue weighted by Gasteiger charge is 2.40. The standard InChI is InChI=1S/C21H24N4O2/c1-2-20(26)25-17-8-4-3-7-16(17)15-18(25)21(27)24-13-11-23(12-14-24)19-9-5-6-10-22-19/h3-10,18H,2,11-15H2,1H3. The number of hydrogen-bond acceptors (Lipinski definition) is 4. The lowest BCUT2D eigenvalue weighted by atomic mass is 10.1. The molecule has 3 heterocycles. The molecule has 0 N–H and O–H groups in total. The number of para-hydroxylation sites is 1. The molecule has 1 fully saturated rings. The fourth-order valence-corrected chi connectivity index (χ4v) is 3.97. The average Bonchev–Trinajstić information content (AvgIpc) is 3.13. The van der Waals surface area contributed by atoms with Crippen LogP contribution >= 0.6 is 0 Å². The quantitative estimate of drug-likeness (QED) is 0.837. The van der Waals surface area contributed by atoms with Gasteiger partial charge in [0.2, 0.25) is 11.8 Å². The highest BCUT2D eigenvalue weighted by atomic mass is 16.2. The monoisotopic (exact) mass is 364 g/mol. The second kappa shape index (κ2) is 7.39. The minimum absolute atomic E-state index is 0.00502. The third kappa shape index (κ3) is 3.27. The average molecular weight is 364 g/mol. The van der Waals surface area contributed by atoms with Gasteiger partial charge in [-0.3, -0.25) is 14.5 Å². The SMILES string of the molecule is CCC(=O)N1c2ccccc2CC1C(=O)N1CCN(c2ccccn2)CC1. The van der Waals surface area contributed by atoms with Crippen molar-refractivity contribution in [3.63, 3.8) is 0 Å². The van der Waals surface area contributed by atoms with Crippen molar-refractivity contribution < 1.29 is 9.59 Å². The molecule has 2 aliphatic heterocycles. The molecule has 0 radical (unpaired) electrons. The molecule has 1 saturated heterocycles. The van der Waals surface area contributed by atoms with Gasteiger partial charge in [-0.05, 0) is 23.8 Å². The van der Waals surface area contributed by atoms with Gasteiger partial charge in [-0.15, -0.1) is 0 Å². The number of pyridine rings is 1. The Morgan fingerprint density at radius 3 is 2.48 bits per heavy atom. The maximum atomic E-state index is 13.2. The highest BCUT2D eigenvalue weighted by Crippen LogP contribution is 2.33. The largest absolute Gasteiger partial charge is 0.353 e. The molecule has 1 unspecified atom stereocenters. The summed E-state index contributed by atoms with van der Waals surface area (Å²) in [5.74, 6) is 1.000. The van der Waals surface area contributed by atoms with E-state index in [2.05, 4.69) is 9.88 Å². The molecule has 6 heteroatoms. The molecule has 27 heavy (non-hydrogen) atoms. The summed E-state index contributed by atoms with van der Waals surface area (Å²) in [6, 6.07) is 13.3. The van der Waals surface area contributed by atoms with E-state index < -0.39 is 6.04 Å². The Labute approximate surface area is 159 Å². The molecule has 2 aliphatic rings. The van der Waals surface area contributed by atoms with Gasteiger partial charge in [-0.2, -0.15) is 0 Å². The van der Waals surface area contributed by atoms with Crippen LogP contribution in [0.4, 0.5) is 11.5 Å². The summed E-state index contributed by atoms with van der Waals surface area (Å²) in [4.78, 5) is 36.0. The van der Waals surface area contributed by atoms with E-state index in [4.69, 9.17) is 0 Å². The zero-order valence-electron chi connectivity index (χ0n) is 15.5. The Morgan fingerprint density at radius 2 is 1.78 bits per heavy atom. The first kappa shape index (κ1) is 17.5. The second-order valence-electron chi connectivity index (χ2n) is 6.97. The van der Waals surface area contributed by atoms with E-state index in [-0.39, 0.29) is 11.8 Å². The van der Waals surface area contributed by atoms with Gasteiger partial charge in [0.15, 0.2) is 0 Å². The topological polar surface area (TPSA) is 56.8 Å². The van der Waals surface area contributed by atoms with Crippen molar-refractivity contribution >= 4 is 23.3 Å². The molecule has 140 valence electrons. The van der Waals surface area contributed by atoms with Crippen LogP contribution in [0.1, 0.15) is 18.9 Å². The summed E-state index contributed by atoms with van der Waals surface area (Å²) in [6.45, 7) is 4.65. The van der Waals surface area contributed by atoms with Gasteiger partial charge in [-0.25, -0.2) is 4.98 Å². The van der Waals surface area contributed by atoms with Gasteiger partial charge < -0.3 is 9.80 Å². The normalized spacial score (nSPS) is 19.1. The smallest absolute Gasteiger partial charge is 0.246 e. The Kier molecular flexibility index (Phi) is 4.79. The van der Waals surface area contributed by atoms with Crippen LogP contribution in [0.15, 0.2) is 48.7 Å². The first-order valence-corrected chi connectivity index (χ1v) is 9.53. The van der Waals surface area contributed by atoms with Crippen molar-refractivity contribution in [1.82, 2.24) is 9.88 Å². The number of amides is 2. The number of carbonyl (C=O) groups excluding carboxylic acids is 2. The van der Waals surface area contributed by atoms with Crippen molar-refractivity contribution in [3.8, 4) is 0 Å². The number of benzene rings is 1. The number of nitrogens with zero attached hydrogens (tertiary/aromatic N) is 4. The second-order valence-corrected chi connectivity index (χ2v) is 6.97. The Bertz CT molecular complexity index is 831. The lowest BCUT2D eigenvalue weighted by Crippen LogP contribution is -2.55. The van der Waals surface area contributed by atoms with E-state index in [1.54, 1.807) is 11.1 Å². The maximum absolute atomic E-state index is 13.2. The van der Waals surface area contributed by atoms with E-state index in [1.165, 1.54) is 0 Å². The van der Waals surface area contributed by atoms with Gasteiger partial charge in [0.25, 0.3) is 0 Å². The molecule has 1 aromatic carbocycles. The van der Waals surface area contributed by atoms with Crippen LogP contribution in [0.25, 0.3) is 0 Å². The van der Waals surface area contributed by atoms with Crippen LogP contribution in [0.2, 0.25) is 0 Å². The fraction of sp³-hybridized carbons (Fsp3) is 0.381. The van der Waals surface area contributed by atoms with Crippen molar-refractivity contribution in [2.24, 2.45) is 0 Å². The molecule has 1 aromatic heterocycles. The van der Waals surface area contributed by atoms with Gasteiger partial charge in [0.05, 0.1) is 0 Å². The molecule has 0 aliphatic carbocycles. The third-order valence-corrected chi connectivity index (χ3v) is 5.40. The summed E-state index contributed by atoms with van der Waals surface area (Å²) in [5, 5.41) is 0. The molecule has 2 amide bonds. The zero-order chi connectivity index (χ0) is 18.8. The summed E-state index contributed by atoms with van der Waals surface area (Å²) in [7, 11) is 0.